The monoisotopic (exact) mass is 250 g/mol. The molecule has 17 heavy (non-hydrogen) atoms. The third kappa shape index (κ3) is 13.2. The number of aliphatic hydroxyl groups excluding tert-OH is 1. The Morgan fingerprint density at radius 1 is 0.941 bits per heavy atom. The maximum Gasteiger partial charge on any atom is 0.308 e. The number of carbonyl (C=O) groups is 1. The molecule has 0 rings (SSSR count). The lowest BCUT2D eigenvalue weighted by molar-refractivity contribution is -0.144. The second kappa shape index (κ2) is 13.4. The number of carbonyl (C=O) groups excluding carboxylic acids is 1. The lowest BCUT2D eigenvalue weighted by Gasteiger charge is -2.06. The summed E-state index contributed by atoms with van der Waals surface area (Å²) in [6.45, 7) is 4.72. The van der Waals surface area contributed by atoms with Crippen molar-refractivity contribution < 1.29 is 28.8 Å². The molecular formula is C11H22O6. The van der Waals surface area contributed by atoms with Gasteiger partial charge in [0.15, 0.2) is 0 Å². The average Bonchev–Trinajstić information content (AvgIpc) is 2.32. The highest BCUT2D eigenvalue weighted by Gasteiger charge is 2.00. The molecule has 6 nitrogen and oxygen atoms in total. The summed E-state index contributed by atoms with van der Waals surface area (Å²) in [5.74, 6) is -0.245. The van der Waals surface area contributed by atoms with E-state index < -0.39 is 0 Å². The molecule has 0 aliphatic carbocycles. The number of hydrogen-bond donors (Lipinski definition) is 1. The van der Waals surface area contributed by atoms with E-state index in [4.69, 9.17) is 24.1 Å². The van der Waals surface area contributed by atoms with Crippen molar-refractivity contribution in [3.05, 3.63) is 0 Å². The van der Waals surface area contributed by atoms with Crippen LogP contribution in [-0.4, -0.2) is 63.9 Å². The highest BCUT2D eigenvalue weighted by Crippen LogP contribution is 1.88. The first kappa shape index (κ1) is 16.3. The van der Waals surface area contributed by atoms with Crippen LogP contribution in [0, 0.1) is 0 Å². The second-order valence-corrected chi connectivity index (χ2v) is 3.12. The van der Waals surface area contributed by atoms with E-state index in [2.05, 4.69) is 0 Å². The Morgan fingerprint density at radius 3 is 2.00 bits per heavy atom. The topological polar surface area (TPSA) is 74.2 Å². The van der Waals surface area contributed by atoms with Crippen LogP contribution in [0.3, 0.4) is 0 Å². The Morgan fingerprint density at radius 2 is 1.47 bits per heavy atom. The molecule has 0 bridgehead atoms. The zero-order valence-electron chi connectivity index (χ0n) is 10.4. The molecule has 0 aromatic rings. The van der Waals surface area contributed by atoms with Gasteiger partial charge in [-0.15, -0.1) is 0 Å². The van der Waals surface area contributed by atoms with Crippen molar-refractivity contribution in [1.29, 1.82) is 0 Å². The Bertz CT molecular complexity index is 173. The van der Waals surface area contributed by atoms with Crippen LogP contribution in [0.1, 0.15) is 13.3 Å². The van der Waals surface area contributed by atoms with Gasteiger partial charge in [0.25, 0.3) is 0 Å². The van der Waals surface area contributed by atoms with Gasteiger partial charge in [0.1, 0.15) is 0 Å². The summed E-state index contributed by atoms with van der Waals surface area (Å²) in [6.07, 6.45) is 0.271. The van der Waals surface area contributed by atoms with Crippen LogP contribution >= 0.6 is 0 Å². The summed E-state index contributed by atoms with van der Waals surface area (Å²) in [5, 5.41) is 8.43. The fraction of sp³-hybridized carbons (Fsp3) is 0.909. The van der Waals surface area contributed by atoms with Gasteiger partial charge in [-0.2, -0.15) is 0 Å². The van der Waals surface area contributed by atoms with Gasteiger partial charge in [-0.05, 0) is 6.92 Å². The van der Waals surface area contributed by atoms with Gasteiger partial charge in [-0.1, -0.05) is 0 Å². The quantitative estimate of drug-likeness (QED) is 0.387. The van der Waals surface area contributed by atoms with Gasteiger partial charge in [0.05, 0.1) is 59.3 Å². The van der Waals surface area contributed by atoms with Crippen LogP contribution in [-0.2, 0) is 23.7 Å². The first-order valence-electron chi connectivity index (χ1n) is 5.81. The van der Waals surface area contributed by atoms with E-state index in [1.807, 2.05) is 0 Å². The molecule has 0 radical (unpaired) electrons. The van der Waals surface area contributed by atoms with Gasteiger partial charge < -0.3 is 24.1 Å². The smallest absolute Gasteiger partial charge is 0.308 e. The lowest BCUT2D eigenvalue weighted by Crippen LogP contribution is -2.13. The van der Waals surface area contributed by atoms with Crippen LogP contribution in [0.5, 0.6) is 0 Å². The number of ether oxygens (including phenoxy) is 4. The number of hydrogen-bond acceptors (Lipinski definition) is 6. The molecule has 0 heterocycles. The highest BCUT2D eigenvalue weighted by molar-refractivity contribution is 5.69. The molecule has 0 aromatic heterocycles. The molecule has 1 N–H and O–H groups in total. The lowest BCUT2D eigenvalue weighted by atomic mass is 10.5. The zero-order chi connectivity index (χ0) is 12.8. The minimum Gasteiger partial charge on any atom is -0.466 e. The highest BCUT2D eigenvalue weighted by atomic mass is 16.5. The fourth-order valence-corrected chi connectivity index (χ4v) is 0.995. The predicted molar refractivity (Wildman–Crippen MR) is 60.8 cm³/mol. The van der Waals surface area contributed by atoms with E-state index in [0.29, 0.717) is 46.2 Å². The van der Waals surface area contributed by atoms with E-state index >= 15 is 0 Å². The fourth-order valence-electron chi connectivity index (χ4n) is 0.995. The van der Waals surface area contributed by atoms with Gasteiger partial charge in [0, 0.05) is 0 Å². The summed E-state index contributed by atoms with van der Waals surface area (Å²) < 4.78 is 20.1. The first-order valence-corrected chi connectivity index (χ1v) is 5.81. The van der Waals surface area contributed by atoms with Crippen molar-refractivity contribution in [3.8, 4) is 0 Å². The summed E-state index contributed by atoms with van der Waals surface area (Å²) in [5.41, 5.74) is 0. The molecule has 6 heteroatoms. The number of esters is 1. The zero-order valence-corrected chi connectivity index (χ0v) is 10.4. The SMILES string of the molecule is CCOC(=O)CCOCCOCCOCCO. The van der Waals surface area contributed by atoms with E-state index in [-0.39, 0.29) is 19.0 Å². The van der Waals surface area contributed by atoms with Crippen molar-refractivity contribution in [3.63, 3.8) is 0 Å². The van der Waals surface area contributed by atoms with Crippen molar-refractivity contribution in [2.75, 3.05) is 52.9 Å². The summed E-state index contributed by atoms with van der Waals surface area (Å²) >= 11 is 0. The maximum atomic E-state index is 10.9. The Labute approximate surface area is 102 Å². The molecule has 0 saturated heterocycles. The molecule has 0 aliphatic rings. The number of aliphatic hydroxyl groups is 1. The largest absolute Gasteiger partial charge is 0.466 e. The van der Waals surface area contributed by atoms with Gasteiger partial charge in [0.2, 0.25) is 0 Å². The van der Waals surface area contributed by atoms with Crippen molar-refractivity contribution in [2.45, 2.75) is 13.3 Å². The Hall–Kier alpha value is -0.690. The predicted octanol–water partition coefficient (Wildman–Crippen LogP) is -0.0183. The second-order valence-electron chi connectivity index (χ2n) is 3.12. The molecule has 0 unspecified atom stereocenters. The number of rotatable bonds is 12. The Balaban J connectivity index is 3.01. The normalized spacial score (nSPS) is 10.5. The van der Waals surface area contributed by atoms with E-state index in [1.54, 1.807) is 6.92 Å². The van der Waals surface area contributed by atoms with Crippen LogP contribution in [0.2, 0.25) is 0 Å². The van der Waals surface area contributed by atoms with Gasteiger partial charge in [-0.3, -0.25) is 4.79 Å². The van der Waals surface area contributed by atoms with Crippen LogP contribution in [0.4, 0.5) is 0 Å². The minimum absolute atomic E-state index is 0.0248. The van der Waals surface area contributed by atoms with Crippen LogP contribution in [0.25, 0.3) is 0 Å². The summed E-state index contributed by atoms with van der Waals surface area (Å²) in [7, 11) is 0. The van der Waals surface area contributed by atoms with Crippen molar-refractivity contribution in [1.82, 2.24) is 0 Å². The third-order valence-corrected chi connectivity index (χ3v) is 1.74. The van der Waals surface area contributed by atoms with Crippen LogP contribution in [0.15, 0.2) is 0 Å². The standard InChI is InChI=1S/C11H22O6/c1-2-17-11(13)3-5-14-7-9-16-10-8-15-6-4-12/h12H,2-10H2,1H3. The molecule has 0 aromatic carbocycles. The molecule has 0 spiro atoms. The molecule has 0 saturated carbocycles. The molecule has 0 aliphatic heterocycles. The van der Waals surface area contributed by atoms with Gasteiger partial charge >= 0.3 is 5.97 Å². The third-order valence-electron chi connectivity index (χ3n) is 1.74. The first-order chi connectivity index (χ1) is 8.31. The minimum atomic E-state index is -0.245. The molecule has 0 fully saturated rings. The molecule has 102 valence electrons. The Kier molecular flexibility index (Phi) is 12.8. The maximum absolute atomic E-state index is 10.9. The van der Waals surface area contributed by atoms with E-state index in [0.717, 1.165) is 0 Å². The van der Waals surface area contributed by atoms with E-state index in [1.165, 1.54) is 0 Å². The summed E-state index contributed by atoms with van der Waals surface area (Å²) in [6, 6.07) is 0. The molecule has 0 amide bonds. The molecule has 0 atom stereocenters. The van der Waals surface area contributed by atoms with Gasteiger partial charge in [-0.25, -0.2) is 0 Å². The van der Waals surface area contributed by atoms with Crippen molar-refractivity contribution in [2.24, 2.45) is 0 Å². The summed E-state index contributed by atoms with van der Waals surface area (Å²) in [4.78, 5) is 10.9. The van der Waals surface area contributed by atoms with E-state index in [9.17, 15) is 4.79 Å². The van der Waals surface area contributed by atoms with Crippen molar-refractivity contribution >= 4 is 5.97 Å². The van der Waals surface area contributed by atoms with Crippen LogP contribution < -0.4 is 0 Å². The average molecular weight is 250 g/mol. The molecular weight excluding hydrogens is 228 g/mol.